The number of aliphatic hydroxyl groups is 1. The number of fused-ring (bicyclic) bond motifs is 1. The second-order valence-corrected chi connectivity index (χ2v) is 12.4. The fourth-order valence-electron chi connectivity index (χ4n) is 5.03. The van der Waals surface area contributed by atoms with Crippen molar-refractivity contribution in [2.75, 3.05) is 26.7 Å². The van der Waals surface area contributed by atoms with Gasteiger partial charge in [0.2, 0.25) is 10.0 Å². The summed E-state index contributed by atoms with van der Waals surface area (Å²) in [4.78, 5) is 14.6. The molecule has 2 aromatic carbocycles. The number of sulfonamides is 1. The van der Waals surface area contributed by atoms with Crippen LogP contribution in [0.3, 0.4) is 0 Å². The van der Waals surface area contributed by atoms with Gasteiger partial charge in [-0.2, -0.15) is 4.31 Å². The van der Waals surface area contributed by atoms with E-state index < -0.39 is 22.2 Å². The molecule has 0 saturated heterocycles. The number of benzene rings is 2. The van der Waals surface area contributed by atoms with E-state index in [-0.39, 0.29) is 41.8 Å². The Morgan fingerprint density at radius 2 is 1.84 bits per heavy atom. The maximum absolute atomic E-state index is 13.7. The molecule has 2 amide bonds. The fraction of sp³-hybridized carbons (Fsp3) is 0.483. The Labute approximate surface area is 226 Å². The monoisotopic (exact) mass is 541 g/mol. The first kappa shape index (κ1) is 28.1. The van der Waals surface area contributed by atoms with Crippen molar-refractivity contribution < 1.29 is 23.1 Å². The van der Waals surface area contributed by atoms with Crippen LogP contribution in [0.4, 0.5) is 4.79 Å². The number of hydrogen-bond acceptors (Lipinski definition) is 5. The largest absolute Gasteiger partial charge is 0.487 e. The van der Waals surface area contributed by atoms with Gasteiger partial charge in [0.15, 0.2) is 0 Å². The maximum atomic E-state index is 13.7. The van der Waals surface area contributed by atoms with Crippen LogP contribution in [0.25, 0.3) is 12.2 Å². The van der Waals surface area contributed by atoms with E-state index in [1.165, 1.54) is 4.31 Å². The second-order valence-electron chi connectivity index (χ2n) is 10.5. The van der Waals surface area contributed by atoms with Gasteiger partial charge >= 0.3 is 6.03 Å². The van der Waals surface area contributed by atoms with E-state index in [0.717, 1.165) is 36.8 Å². The molecule has 2 aromatic rings. The number of carbonyl (C=O) groups is 1. The van der Waals surface area contributed by atoms with Gasteiger partial charge in [0.05, 0.1) is 13.2 Å². The highest BCUT2D eigenvalue weighted by atomic mass is 32.2. The number of nitrogens with zero attached hydrogens (tertiary/aromatic N) is 2. The van der Waals surface area contributed by atoms with Gasteiger partial charge in [-0.25, -0.2) is 13.2 Å². The number of amides is 2. The third kappa shape index (κ3) is 6.57. The average molecular weight is 542 g/mol. The van der Waals surface area contributed by atoms with Crippen LogP contribution in [0.5, 0.6) is 5.75 Å². The van der Waals surface area contributed by atoms with Crippen molar-refractivity contribution in [1.82, 2.24) is 14.5 Å². The third-order valence-corrected chi connectivity index (χ3v) is 9.46. The number of urea groups is 1. The van der Waals surface area contributed by atoms with Crippen molar-refractivity contribution in [3.8, 4) is 5.75 Å². The van der Waals surface area contributed by atoms with Crippen LogP contribution in [-0.4, -0.2) is 73.7 Å². The number of hydrogen-bond donors (Lipinski definition) is 2. The molecule has 0 bridgehead atoms. The minimum absolute atomic E-state index is 0.0598. The highest BCUT2D eigenvalue weighted by molar-refractivity contribution is 7.89. The van der Waals surface area contributed by atoms with Crippen molar-refractivity contribution in [3.05, 3.63) is 59.7 Å². The molecule has 2 N–H and O–H groups in total. The van der Waals surface area contributed by atoms with Crippen LogP contribution >= 0.6 is 0 Å². The Balaban J connectivity index is 1.64. The van der Waals surface area contributed by atoms with Crippen molar-refractivity contribution in [1.29, 1.82) is 0 Å². The third-order valence-electron chi connectivity index (χ3n) is 7.44. The van der Waals surface area contributed by atoms with Gasteiger partial charge in [0, 0.05) is 31.6 Å². The molecular weight excluding hydrogens is 502 g/mol. The highest BCUT2D eigenvalue weighted by Gasteiger charge is 2.38. The summed E-state index contributed by atoms with van der Waals surface area (Å²) >= 11 is 0. The molecule has 4 rings (SSSR count). The summed E-state index contributed by atoms with van der Waals surface area (Å²) in [6, 6.07) is 14.3. The first-order valence-electron chi connectivity index (χ1n) is 13.4. The number of carbonyl (C=O) groups excluding carboxylic acids is 1. The molecule has 3 atom stereocenters. The van der Waals surface area contributed by atoms with E-state index in [1.807, 2.05) is 49.4 Å². The Hall–Kier alpha value is -2.88. The number of ether oxygens (including phenoxy) is 1. The molecule has 1 fully saturated rings. The van der Waals surface area contributed by atoms with E-state index in [0.29, 0.717) is 6.54 Å². The molecule has 2 aliphatic rings. The normalized spacial score (nSPS) is 22.7. The smallest absolute Gasteiger partial charge is 0.317 e. The summed E-state index contributed by atoms with van der Waals surface area (Å²) in [5.74, 6) is 0.00803. The zero-order valence-electron chi connectivity index (χ0n) is 22.4. The van der Waals surface area contributed by atoms with Gasteiger partial charge in [-0.05, 0) is 43.0 Å². The maximum Gasteiger partial charge on any atom is 0.317 e. The predicted octanol–water partition coefficient (Wildman–Crippen LogP) is 4.21. The van der Waals surface area contributed by atoms with Crippen molar-refractivity contribution in [2.45, 2.75) is 62.6 Å². The zero-order valence-corrected chi connectivity index (χ0v) is 23.2. The lowest BCUT2D eigenvalue weighted by atomic mass is 10.0. The lowest BCUT2D eigenvalue weighted by Crippen LogP contribution is -2.51. The topological polar surface area (TPSA) is 99.2 Å². The summed E-state index contributed by atoms with van der Waals surface area (Å²) < 4.78 is 35.1. The number of aliphatic hydroxyl groups excluding tert-OH is 1. The van der Waals surface area contributed by atoms with Gasteiger partial charge in [0.25, 0.3) is 0 Å². The van der Waals surface area contributed by atoms with Crippen LogP contribution in [0.15, 0.2) is 53.4 Å². The SMILES string of the molecule is C[C@@H]1CN([C@@H](C)CO)S(=O)(=O)c2ccc(/C=C/c3ccccc3)cc2O[C@@H]1CN(C)C(=O)NC1CCCC1. The van der Waals surface area contributed by atoms with Gasteiger partial charge in [-0.3, -0.25) is 0 Å². The molecular formula is C29H39N3O5S. The van der Waals surface area contributed by atoms with E-state index in [2.05, 4.69) is 5.32 Å². The average Bonchev–Trinajstić information content (AvgIpc) is 3.42. The summed E-state index contributed by atoms with van der Waals surface area (Å²) in [6.45, 7) is 3.78. The van der Waals surface area contributed by atoms with Gasteiger partial charge in [0.1, 0.15) is 16.7 Å². The Morgan fingerprint density at radius 1 is 1.16 bits per heavy atom. The molecule has 0 spiro atoms. The first-order valence-corrected chi connectivity index (χ1v) is 14.8. The Morgan fingerprint density at radius 3 is 2.53 bits per heavy atom. The van der Waals surface area contributed by atoms with Gasteiger partial charge < -0.3 is 20.1 Å². The minimum Gasteiger partial charge on any atom is -0.487 e. The fourth-order valence-corrected chi connectivity index (χ4v) is 6.85. The molecule has 0 radical (unpaired) electrons. The zero-order chi connectivity index (χ0) is 27.3. The van der Waals surface area contributed by atoms with Crippen molar-refractivity contribution in [2.24, 2.45) is 5.92 Å². The number of nitrogens with one attached hydrogen (secondary N) is 1. The van der Waals surface area contributed by atoms with Crippen molar-refractivity contribution >= 4 is 28.2 Å². The summed E-state index contributed by atoms with van der Waals surface area (Å²) in [5, 5.41) is 13.0. The standard InChI is InChI=1S/C29H39N3O5S/c1-21-18-32(22(2)20-33)38(35,36)28-16-15-24(14-13-23-9-5-4-6-10-23)17-26(28)37-27(21)19-31(3)29(34)30-25-11-7-8-12-25/h4-6,9-10,13-17,21-22,25,27,33H,7-8,11-12,18-20H2,1-3H3,(H,30,34)/b14-13+/t21-,22+,27-/m1/s1. The number of rotatable bonds is 7. The lowest BCUT2D eigenvalue weighted by molar-refractivity contribution is 0.0808. The van der Waals surface area contributed by atoms with Crippen LogP contribution < -0.4 is 10.1 Å². The molecule has 0 aromatic heterocycles. The highest BCUT2D eigenvalue weighted by Crippen LogP contribution is 2.34. The molecule has 8 nitrogen and oxygen atoms in total. The molecule has 1 saturated carbocycles. The van der Waals surface area contributed by atoms with Gasteiger partial charge in [-0.15, -0.1) is 0 Å². The van der Waals surface area contributed by atoms with Crippen LogP contribution in [-0.2, 0) is 10.0 Å². The van der Waals surface area contributed by atoms with Crippen LogP contribution in [0, 0.1) is 5.92 Å². The summed E-state index contributed by atoms with van der Waals surface area (Å²) in [5.41, 5.74) is 1.82. The Bertz CT molecular complexity index is 1230. The molecule has 206 valence electrons. The quantitative estimate of drug-likeness (QED) is 0.512. The second kappa shape index (κ2) is 12.3. The molecule has 38 heavy (non-hydrogen) atoms. The van der Waals surface area contributed by atoms with E-state index in [9.17, 15) is 18.3 Å². The van der Waals surface area contributed by atoms with Crippen LogP contribution in [0.2, 0.25) is 0 Å². The molecule has 1 aliphatic heterocycles. The molecule has 9 heteroatoms. The summed E-state index contributed by atoms with van der Waals surface area (Å²) in [6.07, 6.45) is 7.66. The number of likely N-dealkylation sites (N-methyl/N-ethyl adjacent to an activating group) is 1. The minimum atomic E-state index is -3.92. The van der Waals surface area contributed by atoms with E-state index in [1.54, 1.807) is 37.1 Å². The first-order chi connectivity index (χ1) is 18.2. The predicted molar refractivity (Wildman–Crippen MR) is 149 cm³/mol. The molecule has 0 unspecified atom stereocenters. The summed E-state index contributed by atoms with van der Waals surface area (Å²) in [7, 11) is -2.18. The lowest BCUT2D eigenvalue weighted by Gasteiger charge is -2.37. The molecule has 1 heterocycles. The van der Waals surface area contributed by atoms with E-state index >= 15 is 0 Å². The Kier molecular flexibility index (Phi) is 9.12. The molecule has 1 aliphatic carbocycles. The van der Waals surface area contributed by atoms with E-state index in [4.69, 9.17) is 4.74 Å². The van der Waals surface area contributed by atoms with Crippen LogP contribution in [0.1, 0.15) is 50.7 Å². The van der Waals surface area contributed by atoms with Gasteiger partial charge in [-0.1, -0.05) is 68.3 Å². The van der Waals surface area contributed by atoms with Crippen molar-refractivity contribution in [3.63, 3.8) is 0 Å².